The van der Waals surface area contributed by atoms with Crippen LogP contribution in [0.25, 0.3) is 11.0 Å². The highest BCUT2D eigenvalue weighted by Crippen LogP contribution is 2.04. The summed E-state index contributed by atoms with van der Waals surface area (Å²) in [5.74, 6) is 0. The van der Waals surface area contributed by atoms with E-state index in [-0.39, 0.29) is 0 Å². The van der Waals surface area contributed by atoms with E-state index in [4.69, 9.17) is 0 Å². The Kier molecular flexibility index (Phi) is 0.803. The molecule has 9 heavy (non-hydrogen) atoms. The molecule has 0 aliphatic carbocycles. The van der Waals surface area contributed by atoms with Gasteiger partial charge < -0.3 is 4.98 Å². The largest absolute Gasteiger partial charge is 0.335 e. The van der Waals surface area contributed by atoms with E-state index >= 15 is 0 Å². The number of aromatic nitrogens is 2. The molecular formula is C7H4N2. The molecule has 0 aliphatic heterocycles. The van der Waals surface area contributed by atoms with Crippen molar-refractivity contribution in [2.24, 2.45) is 0 Å². The molecule has 0 atom stereocenters. The Bertz CT molecular complexity index is 281. The van der Waals surface area contributed by atoms with E-state index in [9.17, 15) is 0 Å². The van der Waals surface area contributed by atoms with Gasteiger partial charge in [0.15, 0.2) is 6.33 Å². The second kappa shape index (κ2) is 1.58. The highest BCUT2D eigenvalue weighted by atomic mass is 14.9. The molecule has 2 nitrogen and oxygen atoms in total. The molecule has 0 spiro atoms. The van der Waals surface area contributed by atoms with E-state index in [2.05, 4.69) is 22.4 Å². The van der Waals surface area contributed by atoms with E-state index in [1.54, 1.807) is 0 Å². The second-order valence-electron chi connectivity index (χ2n) is 1.78. The summed E-state index contributed by atoms with van der Waals surface area (Å²) in [6.45, 7) is 0. The van der Waals surface area contributed by atoms with Crippen molar-refractivity contribution in [1.29, 1.82) is 0 Å². The highest BCUT2D eigenvalue weighted by Gasteiger charge is 1.89. The molecule has 1 heterocycles. The van der Waals surface area contributed by atoms with Crippen molar-refractivity contribution in [3.8, 4) is 0 Å². The van der Waals surface area contributed by atoms with Crippen LogP contribution in [0.4, 0.5) is 0 Å². The predicted molar refractivity (Wildman–Crippen MR) is 33.8 cm³/mol. The van der Waals surface area contributed by atoms with Crippen LogP contribution in [0.3, 0.4) is 0 Å². The zero-order valence-electron chi connectivity index (χ0n) is 4.68. The average Bonchev–Trinajstić information content (AvgIpc) is 2.33. The fourth-order valence-electron chi connectivity index (χ4n) is 0.766. The molecule has 0 amide bonds. The fourth-order valence-corrected chi connectivity index (χ4v) is 0.766. The maximum absolute atomic E-state index is 3.88. The number of para-hydroxylation sites is 1. The first-order valence-corrected chi connectivity index (χ1v) is 2.69. The molecule has 1 aromatic heterocycles. The number of hydrogen-bond donors (Lipinski definition) is 1. The third-order valence-corrected chi connectivity index (χ3v) is 1.19. The number of rotatable bonds is 0. The molecular weight excluding hydrogens is 112 g/mol. The number of nitrogens with one attached hydrogen (secondary N) is 1. The molecule has 0 saturated carbocycles. The Morgan fingerprint density at radius 1 is 1.56 bits per heavy atom. The maximum Gasteiger partial charge on any atom is 0.174 e. The number of fused-ring (bicyclic) bond motifs is 1. The predicted octanol–water partition coefficient (Wildman–Crippen LogP) is 1.16. The lowest BCUT2D eigenvalue weighted by Gasteiger charge is -1.80. The standard InChI is InChI=1S/C7H4N2/c1-2-4-7-6(3-1)8-5-9-7/h1-3H,(H,8,9). The van der Waals surface area contributed by atoms with E-state index in [0.717, 1.165) is 11.0 Å². The Balaban J connectivity index is 2.95. The smallest absolute Gasteiger partial charge is 0.174 e. The minimum absolute atomic E-state index is 0.845. The second-order valence-corrected chi connectivity index (χ2v) is 1.78. The number of H-pyrrole nitrogens is 1. The van der Waals surface area contributed by atoms with Gasteiger partial charge in [-0.1, -0.05) is 12.1 Å². The fraction of sp³-hybridized carbons (Fsp3) is 0. The molecule has 1 N–H and O–H groups in total. The Morgan fingerprint density at radius 3 is 3.44 bits per heavy atom. The first-order valence-electron chi connectivity index (χ1n) is 2.69. The molecule has 0 unspecified atom stereocenters. The van der Waals surface area contributed by atoms with Gasteiger partial charge in [0.25, 0.3) is 0 Å². The van der Waals surface area contributed by atoms with E-state index in [1.165, 1.54) is 0 Å². The van der Waals surface area contributed by atoms with Gasteiger partial charge in [0.1, 0.15) is 0 Å². The molecule has 1 aromatic carbocycles. The lowest BCUT2D eigenvalue weighted by atomic mass is 10.3. The van der Waals surface area contributed by atoms with Crippen molar-refractivity contribution in [3.63, 3.8) is 0 Å². The summed E-state index contributed by atoms with van der Waals surface area (Å²) in [5.41, 5.74) is 1.83. The molecule has 2 aromatic rings. The van der Waals surface area contributed by atoms with Crippen molar-refractivity contribution in [1.82, 2.24) is 9.97 Å². The number of nitrogens with zero attached hydrogens (tertiary/aromatic N) is 1. The van der Waals surface area contributed by atoms with Gasteiger partial charge in [-0.25, -0.2) is 4.98 Å². The molecule has 0 bridgehead atoms. The summed E-state index contributed by atoms with van der Waals surface area (Å²) < 4.78 is 0. The van der Waals surface area contributed by atoms with Crippen molar-refractivity contribution in [2.75, 3.05) is 0 Å². The first kappa shape index (κ1) is 4.56. The minimum atomic E-state index is 0.845. The van der Waals surface area contributed by atoms with Gasteiger partial charge in [0.05, 0.1) is 11.0 Å². The van der Waals surface area contributed by atoms with Gasteiger partial charge in [0, 0.05) is 6.07 Å². The molecule has 42 valence electrons. The molecule has 0 saturated heterocycles. The monoisotopic (exact) mass is 116 g/mol. The average molecular weight is 116 g/mol. The highest BCUT2D eigenvalue weighted by molar-refractivity contribution is 5.72. The van der Waals surface area contributed by atoms with Gasteiger partial charge in [0.2, 0.25) is 0 Å². The quantitative estimate of drug-likeness (QED) is 0.549. The topological polar surface area (TPSA) is 28.7 Å². The van der Waals surface area contributed by atoms with E-state index in [1.807, 2.05) is 18.2 Å². The third-order valence-electron chi connectivity index (χ3n) is 1.19. The summed E-state index contributed by atoms with van der Waals surface area (Å²) in [6, 6.07) is 8.64. The van der Waals surface area contributed by atoms with Crippen molar-refractivity contribution >= 4 is 11.0 Å². The summed E-state index contributed by atoms with van der Waals surface area (Å²) >= 11 is 0. The van der Waals surface area contributed by atoms with Crippen molar-refractivity contribution < 1.29 is 0 Å². The van der Waals surface area contributed by atoms with Crippen LogP contribution >= 0.6 is 0 Å². The number of aromatic amines is 1. The molecule has 2 rings (SSSR count). The Hall–Kier alpha value is -1.31. The van der Waals surface area contributed by atoms with Crippen LogP contribution < -0.4 is 0 Å². The van der Waals surface area contributed by atoms with E-state index in [0.29, 0.717) is 0 Å². The summed E-state index contributed by atoms with van der Waals surface area (Å²) in [4.78, 5) is 6.73. The van der Waals surface area contributed by atoms with E-state index < -0.39 is 0 Å². The SMILES string of the molecule is [c]1nc2[c]cccc2[nH]1. The Morgan fingerprint density at radius 2 is 2.56 bits per heavy atom. The molecule has 0 aliphatic rings. The van der Waals surface area contributed by atoms with Crippen LogP contribution in [0.1, 0.15) is 0 Å². The lowest BCUT2D eigenvalue weighted by Crippen LogP contribution is -1.64. The van der Waals surface area contributed by atoms with Crippen LogP contribution in [0.5, 0.6) is 0 Å². The summed E-state index contributed by atoms with van der Waals surface area (Å²) in [7, 11) is 0. The zero-order chi connectivity index (χ0) is 6.10. The number of hydrogen-bond acceptors (Lipinski definition) is 1. The van der Waals surface area contributed by atoms with Crippen LogP contribution in [0.15, 0.2) is 18.2 Å². The van der Waals surface area contributed by atoms with Crippen molar-refractivity contribution in [3.05, 3.63) is 30.6 Å². The first-order chi connectivity index (χ1) is 4.47. The molecule has 2 radical (unpaired) electrons. The maximum atomic E-state index is 3.88. The molecule has 0 fully saturated rings. The Labute approximate surface area is 52.5 Å². The van der Waals surface area contributed by atoms with Crippen LogP contribution in [-0.4, -0.2) is 9.97 Å². The van der Waals surface area contributed by atoms with Crippen molar-refractivity contribution in [2.45, 2.75) is 0 Å². The summed E-state index contributed by atoms with van der Waals surface area (Å²) in [5, 5.41) is 0. The van der Waals surface area contributed by atoms with Gasteiger partial charge in [-0.05, 0) is 6.07 Å². The minimum Gasteiger partial charge on any atom is -0.335 e. The lowest BCUT2D eigenvalue weighted by molar-refractivity contribution is 1.32. The summed E-state index contributed by atoms with van der Waals surface area (Å²) in [6.07, 6.45) is 2.63. The number of imidazole rings is 1. The van der Waals surface area contributed by atoms with Crippen LogP contribution in [0.2, 0.25) is 0 Å². The van der Waals surface area contributed by atoms with Gasteiger partial charge in [-0.3, -0.25) is 0 Å². The number of benzene rings is 1. The normalized spacial score (nSPS) is 10.2. The van der Waals surface area contributed by atoms with Gasteiger partial charge in [-0.15, -0.1) is 0 Å². The van der Waals surface area contributed by atoms with Gasteiger partial charge >= 0.3 is 0 Å². The molecule has 2 heteroatoms. The van der Waals surface area contributed by atoms with Crippen LogP contribution in [-0.2, 0) is 0 Å². The van der Waals surface area contributed by atoms with Crippen LogP contribution in [0, 0.1) is 12.4 Å². The van der Waals surface area contributed by atoms with Gasteiger partial charge in [-0.2, -0.15) is 0 Å². The third kappa shape index (κ3) is 0.598. The zero-order valence-corrected chi connectivity index (χ0v) is 4.68.